The molecular weight excluding hydrogens is 530 g/mol. The van der Waals surface area contributed by atoms with E-state index in [-0.39, 0.29) is 29.0 Å². The molecule has 5 aromatic rings. The highest BCUT2D eigenvalue weighted by Gasteiger charge is 2.22. The molecule has 0 aliphatic heterocycles. The predicted molar refractivity (Wildman–Crippen MR) is 137 cm³/mol. The Balaban J connectivity index is 1.38. The van der Waals surface area contributed by atoms with Gasteiger partial charge in [-0.05, 0) is 30.7 Å². The molecule has 0 spiro atoms. The Hall–Kier alpha value is -3.92. The van der Waals surface area contributed by atoms with Crippen molar-refractivity contribution >= 4 is 38.7 Å². The fourth-order valence-corrected chi connectivity index (χ4v) is 4.30. The van der Waals surface area contributed by atoms with Gasteiger partial charge in [0.05, 0.1) is 23.3 Å². The zero-order chi connectivity index (χ0) is 25.2. The minimum Gasteiger partial charge on any atom is -0.308 e. The van der Waals surface area contributed by atoms with Crippen LogP contribution in [-0.2, 0) is 17.9 Å². The summed E-state index contributed by atoms with van der Waals surface area (Å²) in [6.45, 7) is 1.99. The highest BCUT2D eigenvalue weighted by atomic mass is 79.9. The Morgan fingerprint density at radius 2 is 1.81 bits per heavy atom. The highest BCUT2D eigenvalue weighted by molar-refractivity contribution is 9.10. The molecular formula is C26H21BrF2N6O. The Morgan fingerprint density at radius 3 is 2.53 bits per heavy atom. The van der Waals surface area contributed by atoms with Gasteiger partial charge < -0.3 is 5.32 Å². The molecule has 0 aliphatic carbocycles. The van der Waals surface area contributed by atoms with Crippen LogP contribution in [0.3, 0.4) is 0 Å². The van der Waals surface area contributed by atoms with Crippen molar-refractivity contribution < 1.29 is 13.6 Å². The molecule has 3 aromatic heterocycles. The monoisotopic (exact) mass is 550 g/mol. The van der Waals surface area contributed by atoms with E-state index in [1.165, 1.54) is 10.7 Å². The fraction of sp³-hybridized carbons (Fsp3) is 0.154. The Kier molecular flexibility index (Phi) is 6.60. The van der Waals surface area contributed by atoms with Gasteiger partial charge in [-0.25, -0.2) is 18.4 Å². The Labute approximate surface area is 213 Å². The van der Waals surface area contributed by atoms with E-state index in [0.717, 1.165) is 10.0 Å². The van der Waals surface area contributed by atoms with Crippen molar-refractivity contribution in [2.75, 3.05) is 5.32 Å². The van der Waals surface area contributed by atoms with Crippen LogP contribution in [0.15, 0.2) is 77.4 Å². The maximum Gasteiger partial charge on any atom is 0.264 e. The number of carbonyl (C=O) groups excluding carboxylic acids is 1. The topological polar surface area (TPSA) is 77.6 Å². The lowest BCUT2D eigenvalue weighted by Crippen LogP contribution is -2.20. The summed E-state index contributed by atoms with van der Waals surface area (Å²) in [5.74, 6) is -0.00435. The molecule has 3 heterocycles. The first kappa shape index (κ1) is 23.8. The molecule has 0 aliphatic rings. The number of amides is 1. The van der Waals surface area contributed by atoms with E-state index in [4.69, 9.17) is 0 Å². The van der Waals surface area contributed by atoms with Crippen molar-refractivity contribution in [1.29, 1.82) is 0 Å². The minimum absolute atomic E-state index is 0.158. The number of aryl methyl sites for hydroxylation is 1. The average Bonchev–Trinajstić information content (AvgIpc) is 3.43. The average molecular weight is 551 g/mol. The van der Waals surface area contributed by atoms with Gasteiger partial charge in [0.15, 0.2) is 11.5 Å². The molecule has 0 unspecified atom stereocenters. The summed E-state index contributed by atoms with van der Waals surface area (Å²) < 4.78 is 32.0. The molecule has 0 bridgehead atoms. The molecule has 182 valence electrons. The van der Waals surface area contributed by atoms with E-state index in [1.54, 1.807) is 36.0 Å². The molecule has 36 heavy (non-hydrogen) atoms. The number of anilines is 1. The number of carbonyl (C=O) groups is 1. The molecule has 5 rings (SSSR count). The summed E-state index contributed by atoms with van der Waals surface area (Å²) in [5, 5.41) is 11.8. The van der Waals surface area contributed by atoms with Gasteiger partial charge in [0.1, 0.15) is 6.54 Å². The third-order valence-electron chi connectivity index (χ3n) is 5.67. The first-order chi connectivity index (χ1) is 17.4. The van der Waals surface area contributed by atoms with E-state index in [9.17, 15) is 13.6 Å². The maximum atomic E-state index is 14.0. The molecule has 1 N–H and O–H groups in total. The lowest BCUT2D eigenvalue weighted by molar-refractivity contribution is -0.116. The summed E-state index contributed by atoms with van der Waals surface area (Å²) in [6, 6.07) is 20.0. The number of halogens is 3. The van der Waals surface area contributed by atoms with Crippen LogP contribution in [0.25, 0.3) is 22.3 Å². The Bertz CT molecular complexity index is 1530. The number of fused-ring (bicyclic) bond motifs is 1. The zero-order valence-corrected chi connectivity index (χ0v) is 20.8. The Morgan fingerprint density at radius 1 is 1.06 bits per heavy atom. The quantitative estimate of drug-likeness (QED) is 0.270. The minimum atomic E-state index is -2.71. The zero-order valence-electron chi connectivity index (χ0n) is 19.2. The van der Waals surface area contributed by atoms with Crippen LogP contribution in [0.4, 0.5) is 14.6 Å². The molecule has 7 nitrogen and oxygen atoms in total. The summed E-state index contributed by atoms with van der Waals surface area (Å²) in [7, 11) is 0. The second-order valence-electron chi connectivity index (χ2n) is 8.28. The number of nitrogens with zero attached hydrogens (tertiary/aromatic N) is 5. The summed E-state index contributed by atoms with van der Waals surface area (Å²) in [6.07, 6.45) is -0.939. The SMILES string of the molecule is Cc1nn(CC(=O)Nc2ccn(Cc3ccc(Br)cc3)n2)c2nc(-c3ccccc3)cc(C(F)F)c12. The number of hydrogen-bond acceptors (Lipinski definition) is 4. The smallest absolute Gasteiger partial charge is 0.264 e. The van der Waals surface area contributed by atoms with Crippen molar-refractivity contribution in [2.45, 2.75) is 26.4 Å². The molecule has 2 aromatic carbocycles. The van der Waals surface area contributed by atoms with E-state index in [0.29, 0.717) is 29.3 Å². The van der Waals surface area contributed by atoms with Crippen molar-refractivity contribution in [2.24, 2.45) is 0 Å². The van der Waals surface area contributed by atoms with Crippen LogP contribution in [0.2, 0.25) is 0 Å². The normalized spacial score (nSPS) is 11.4. The van der Waals surface area contributed by atoms with Gasteiger partial charge in [-0.2, -0.15) is 10.2 Å². The van der Waals surface area contributed by atoms with Crippen LogP contribution >= 0.6 is 15.9 Å². The molecule has 0 radical (unpaired) electrons. The van der Waals surface area contributed by atoms with E-state index >= 15 is 0 Å². The molecule has 0 saturated carbocycles. The number of benzene rings is 2. The lowest BCUT2D eigenvalue weighted by Gasteiger charge is -2.09. The van der Waals surface area contributed by atoms with Gasteiger partial charge in [-0.3, -0.25) is 9.48 Å². The lowest BCUT2D eigenvalue weighted by atomic mass is 10.1. The summed E-state index contributed by atoms with van der Waals surface area (Å²) in [4.78, 5) is 17.4. The first-order valence-corrected chi connectivity index (χ1v) is 12.0. The van der Waals surface area contributed by atoms with Crippen LogP contribution in [0.1, 0.15) is 23.2 Å². The van der Waals surface area contributed by atoms with Crippen molar-refractivity contribution in [3.8, 4) is 11.3 Å². The van der Waals surface area contributed by atoms with Gasteiger partial charge in [0.2, 0.25) is 5.91 Å². The van der Waals surface area contributed by atoms with E-state index in [1.807, 2.05) is 42.5 Å². The summed E-state index contributed by atoms with van der Waals surface area (Å²) in [5.41, 5.74) is 2.63. The van der Waals surface area contributed by atoms with Gasteiger partial charge in [-0.1, -0.05) is 58.4 Å². The number of alkyl halides is 2. The van der Waals surface area contributed by atoms with Gasteiger partial charge in [0, 0.05) is 27.9 Å². The number of hydrogen-bond donors (Lipinski definition) is 1. The van der Waals surface area contributed by atoms with Crippen molar-refractivity contribution in [3.63, 3.8) is 0 Å². The van der Waals surface area contributed by atoms with Crippen LogP contribution in [0, 0.1) is 6.92 Å². The fourth-order valence-electron chi connectivity index (χ4n) is 4.04. The number of nitrogens with one attached hydrogen (secondary N) is 1. The maximum absolute atomic E-state index is 14.0. The van der Waals surface area contributed by atoms with Crippen LogP contribution in [0.5, 0.6) is 0 Å². The summed E-state index contributed by atoms with van der Waals surface area (Å²) >= 11 is 3.41. The van der Waals surface area contributed by atoms with Crippen molar-refractivity contribution in [1.82, 2.24) is 24.5 Å². The molecule has 0 fully saturated rings. The molecule has 0 atom stereocenters. The van der Waals surface area contributed by atoms with Crippen molar-refractivity contribution in [3.05, 3.63) is 94.2 Å². The van der Waals surface area contributed by atoms with Gasteiger partial charge in [-0.15, -0.1) is 0 Å². The second-order valence-corrected chi connectivity index (χ2v) is 9.19. The standard InChI is InChI=1S/C26H21BrF2N6O/c1-16-24-20(25(28)29)13-21(18-5-3-2-4-6-18)30-26(24)35(32-16)15-23(36)31-22-11-12-34(33-22)14-17-7-9-19(27)10-8-17/h2-13,25H,14-15H2,1H3,(H,31,33,36). The number of rotatable bonds is 7. The number of pyridine rings is 1. The first-order valence-electron chi connectivity index (χ1n) is 11.2. The van der Waals surface area contributed by atoms with E-state index < -0.39 is 6.43 Å². The van der Waals surface area contributed by atoms with Gasteiger partial charge >= 0.3 is 0 Å². The highest BCUT2D eigenvalue weighted by Crippen LogP contribution is 2.33. The predicted octanol–water partition coefficient (Wildman–Crippen LogP) is 5.99. The largest absolute Gasteiger partial charge is 0.308 e. The third-order valence-corrected chi connectivity index (χ3v) is 6.20. The molecule has 10 heteroatoms. The molecule has 0 saturated heterocycles. The number of aromatic nitrogens is 5. The third kappa shape index (κ3) is 5.03. The second kappa shape index (κ2) is 9.98. The van der Waals surface area contributed by atoms with Crippen LogP contribution < -0.4 is 5.32 Å². The van der Waals surface area contributed by atoms with Gasteiger partial charge in [0.25, 0.3) is 6.43 Å². The van der Waals surface area contributed by atoms with E-state index in [2.05, 4.69) is 36.4 Å². The molecule has 1 amide bonds. The van der Waals surface area contributed by atoms with Crippen LogP contribution in [-0.4, -0.2) is 30.5 Å².